The molecule has 38 heavy (non-hydrogen) atoms. The third-order valence-corrected chi connectivity index (χ3v) is 7.71. The number of fused-ring (bicyclic) bond motifs is 3. The zero-order chi connectivity index (χ0) is 26.0. The molecule has 3 aliphatic heterocycles. The molecule has 1 spiro atoms. The Kier molecular flexibility index (Phi) is 5.38. The molecular formula is C26H24F4N8. The van der Waals surface area contributed by atoms with Crippen molar-refractivity contribution in [2.75, 3.05) is 31.5 Å². The molecule has 1 aromatic carbocycles. The van der Waals surface area contributed by atoms with E-state index in [4.69, 9.17) is 0 Å². The van der Waals surface area contributed by atoms with E-state index in [1.807, 2.05) is 6.07 Å². The number of rotatable bonds is 6. The van der Waals surface area contributed by atoms with Crippen LogP contribution in [0.5, 0.6) is 0 Å². The van der Waals surface area contributed by atoms with E-state index >= 15 is 0 Å². The van der Waals surface area contributed by atoms with Crippen LogP contribution >= 0.6 is 0 Å². The molecule has 0 bridgehead atoms. The lowest BCUT2D eigenvalue weighted by atomic mass is 9.74. The molecule has 6 heterocycles. The van der Waals surface area contributed by atoms with Gasteiger partial charge in [-0.1, -0.05) is 6.07 Å². The number of likely N-dealkylation sites (tertiary alicyclic amines) is 1. The van der Waals surface area contributed by atoms with Gasteiger partial charge in [-0.05, 0) is 30.2 Å². The van der Waals surface area contributed by atoms with Crippen LogP contribution in [0.3, 0.4) is 0 Å². The average molecular weight is 525 g/mol. The summed E-state index contributed by atoms with van der Waals surface area (Å²) in [5, 5.41) is 6.29. The summed E-state index contributed by atoms with van der Waals surface area (Å²) in [6, 6.07) is 5.24. The molecule has 0 saturated carbocycles. The quantitative estimate of drug-likeness (QED) is 0.368. The summed E-state index contributed by atoms with van der Waals surface area (Å²) in [6.07, 6.45) is 0.697. The normalized spacial score (nSPS) is 20.1. The molecule has 3 aromatic heterocycles. The molecule has 196 valence electrons. The van der Waals surface area contributed by atoms with E-state index in [1.165, 1.54) is 10.6 Å². The van der Waals surface area contributed by atoms with Gasteiger partial charge in [0.15, 0.2) is 11.6 Å². The Bertz CT molecular complexity index is 1520. The molecule has 3 aliphatic rings. The van der Waals surface area contributed by atoms with Crippen LogP contribution in [-0.4, -0.2) is 62.0 Å². The van der Waals surface area contributed by atoms with Gasteiger partial charge in [-0.15, -0.1) is 0 Å². The summed E-state index contributed by atoms with van der Waals surface area (Å²) in [5.74, 6) is -0.537. The highest BCUT2D eigenvalue weighted by molar-refractivity contribution is 5.83. The maximum atomic E-state index is 15.0. The van der Waals surface area contributed by atoms with Crippen molar-refractivity contribution in [3.63, 3.8) is 0 Å². The summed E-state index contributed by atoms with van der Waals surface area (Å²) in [7, 11) is 0. The second-order valence-electron chi connectivity index (χ2n) is 10.5. The van der Waals surface area contributed by atoms with Crippen LogP contribution in [0.25, 0.3) is 22.3 Å². The lowest BCUT2D eigenvalue weighted by Gasteiger charge is -2.56. The number of halogens is 4. The number of aromatic nitrogens is 5. The average Bonchev–Trinajstić information content (AvgIpc) is 3.42. The fourth-order valence-corrected chi connectivity index (χ4v) is 5.84. The Morgan fingerprint density at radius 1 is 1.05 bits per heavy atom. The molecule has 1 atom stereocenters. The molecule has 0 aliphatic carbocycles. The highest BCUT2D eigenvalue weighted by Gasteiger charge is 2.47. The summed E-state index contributed by atoms with van der Waals surface area (Å²) >= 11 is 0. The van der Waals surface area contributed by atoms with E-state index in [0.717, 1.165) is 50.6 Å². The first-order valence-electron chi connectivity index (χ1n) is 12.5. The number of anilines is 2. The number of pyridine rings is 1. The SMILES string of the molecule is Fc1cnc(Nc2ccc(CN3CC4(CNC4)C3)cn2)nc1-c1cc(F)c2nc3n(c2c1)[C@H](C(F)F)CC3. The van der Waals surface area contributed by atoms with Crippen LogP contribution in [-0.2, 0) is 13.0 Å². The van der Waals surface area contributed by atoms with Gasteiger partial charge >= 0.3 is 0 Å². The summed E-state index contributed by atoms with van der Waals surface area (Å²) in [4.78, 5) is 19.3. The van der Waals surface area contributed by atoms with Gasteiger partial charge in [0.1, 0.15) is 22.9 Å². The number of benzene rings is 1. The molecule has 2 N–H and O–H groups in total. The monoisotopic (exact) mass is 524 g/mol. The molecule has 4 aromatic rings. The van der Waals surface area contributed by atoms with Crippen molar-refractivity contribution in [2.24, 2.45) is 5.41 Å². The highest BCUT2D eigenvalue weighted by Crippen LogP contribution is 2.38. The number of hydrogen-bond donors (Lipinski definition) is 2. The predicted octanol–water partition coefficient (Wildman–Crippen LogP) is 4.07. The number of imidazole rings is 1. The van der Waals surface area contributed by atoms with E-state index in [2.05, 4.69) is 35.5 Å². The first-order chi connectivity index (χ1) is 18.4. The minimum Gasteiger partial charge on any atom is -0.319 e. The van der Waals surface area contributed by atoms with Crippen molar-refractivity contribution in [1.82, 2.24) is 34.7 Å². The molecule has 0 amide bonds. The van der Waals surface area contributed by atoms with Crippen LogP contribution in [0.15, 0.2) is 36.7 Å². The number of nitrogens with zero attached hydrogens (tertiary/aromatic N) is 6. The molecule has 2 fully saturated rings. The lowest BCUT2D eigenvalue weighted by molar-refractivity contribution is -0.0444. The van der Waals surface area contributed by atoms with Gasteiger partial charge in [0, 0.05) is 56.3 Å². The molecule has 7 rings (SSSR count). The smallest absolute Gasteiger partial charge is 0.259 e. The summed E-state index contributed by atoms with van der Waals surface area (Å²) in [6.45, 7) is 5.18. The van der Waals surface area contributed by atoms with Crippen molar-refractivity contribution in [2.45, 2.75) is 31.9 Å². The Labute approximate surface area is 215 Å². The number of hydrogen-bond acceptors (Lipinski definition) is 7. The highest BCUT2D eigenvalue weighted by atomic mass is 19.3. The molecule has 0 radical (unpaired) electrons. The minimum absolute atomic E-state index is 0.0102. The van der Waals surface area contributed by atoms with Crippen LogP contribution < -0.4 is 10.6 Å². The Morgan fingerprint density at radius 3 is 2.61 bits per heavy atom. The van der Waals surface area contributed by atoms with Crippen molar-refractivity contribution in [3.8, 4) is 11.3 Å². The Morgan fingerprint density at radius 2 is 1.89 bits per heavy atom. The number of nitrogens with one attached hydrogen (secondary N) is 2. The predicted molar refractivity (Wildman–Crippen MR) is 132 cm³/mol. The largest absolute Gasteiger partial charge is 0.319 e. The zero-order valence-electron chi connectivity index (χ0n) is 20.3. The molecular weight excluding hydrogens is 500 g/mol. The van der Waals surface area contributed by atoms with Gasteiger partial charge in [-0.25, -0.2) is 37.5 Å². The molecule has 2 saturated heterocycles. The fourth-order valence-electron chi connectivity index (χ4n) is 5.84. The minimum atomic E-state index is -2.62. The summed E-state index contributed by atoms with van der Waals surface area (Å²) in [5.41, 5.74) is 1.69. The van der Waals surface area contributed by atoms with E-state index in [1.54, 1.807) is 12.3 Å². The van der Waals surface area contributed by atoms with Gasteiger partial charge in [0.2, 0.25) is 5.95 Å². The standard InChI is InChI=1S/C26H24F4N8/c27-16-5-15(6-19-23(16)35-21-4-2-18(24(29)30)38(19)21)22-17(28)8-33-25(36-22)34-20-3-1-14(7-32-20)9-37-12-26(13-37)10-31-11-26/h1,3,5-8,18,24,31H,2,4,9-13H2,(H,32,33,34,36)/t18-/m0/s1. The lowest BCUT2D eigenvalue weighted by Crippen LogP contribution is -2.70. The fraction of sp³-hybridized carbons (Fsp3) is 0.385. The van der Waals surface area contributed by atoms with E-state index in [0.29, 0.717) is 23.5 Å². The second-order valence-corrected chi connectivity index (χ2v) is 10.5. The Balaban J connectivity index is 1.12. The van der Waals surface area contributed by atoms with Crippen molar-refractivity contribution < 1.29 is 17.6 Å². The molecule has 0 unspecified atom stereocenters. The maximum absolute atomic E-state index is 15.0. The first-order valence-corrected chi connectivity index (χ1v) is 12.5. The van der Waals surface area contributed by atoms with Gasteiger partial charge in [-0.2, -0.15) is 0 Å². The summed E-state index contributed by atoms with van der Waals surface area (Å²) < 4.78 is 58.3. The van der Waals surface area contributed by atoms with E-state index in [9.17, 15) is 17.6 Å². The van der Waals surface area contributed by atoms with Crippen LogP contribution in [0, 0.1) is 17.0 Å². The van der Waals surface area contributed by atoms with Gasteiger partial charge < -0.3 is 15.2 Å². The van der Waals surface area contributed by atoms with Crippen molar-refractivity contribution in [3.05, 3.63) is 59.7 Å². The van der Waals surface area contributed by atoms with E-state index in [-0.39, 0.29) is 34.7 Å². The van der Waals surface area contributed by atoms with Crippen molar-refractivity contribution >= 4 is 22.8 Å². The van der Waals surface area contributed by atoms with Gasteiger partial charge in [-0.3, -0.25) is 4.90 Å². The first kappa shape index (κ1) is 23.5. The third kappa shape index (κ3) is 3.90. The Hall–Kier alpha value is -3.64. The van der Waals surface area contributed by atoms with Crippen molar-refractivity contribution in [1.29, 1.82) is 0 Å². The van der Waals surface area contributed by atoms with Gasteiger partial charge in [0.25, 0.3) is 6.43 Å². The maximum Gasteiger partial charge on any atom is 0.259 e. The van der Waals surface area contributed by atoms with Crippen LogP contribution in [0.4, 0.5) is 29.3 Å². The second kappa shape index (κ2) is 8.70. The number of aryl methyl sites for hydroxylation is 1. The number of alkyl halides is 2. The zero-order valence-corrected chi connectivity index (χ0v) is 20.3. The molecule has 12 heteroatoms. The van der Waals surface area contributed by atoms with Gasteiger partial charge in [0.05, 0.1) is 17.8 Å². The topological polar surface area (TPSA) is 83.8 Å². The molecule has 8 nitrogen and oxygen atoms in total. The van der Waals surface area contributed by atoms with Crippen LogP contribution in [0.2, 0.25) is 0 Å². The van der Waals surface area contributed by atoms with E-state index < -0.39 is 24.1 Å². The third-order valence-electron chi connectivity index (χ3n) is 7.71. The van der Waals surface area contributed by atoms with Crippen LogP contribution in [0.1, 0.15) is 23.9 Å².